The molecular weight excluding hydrogens is 379 g/mol. The lowest BCUT2D eigenvalue weighted by molar-refractivity contribution is -0.0587. The average molecular weight is 392 g/mol. The summed E-state index contributed by atoms with van der Waals surface area (Å²) in [5.41, 5.74) is 0.457. The largest absolute Gasteiger partial charge is 0.472 e. The summed E-state index contributed by atoms with van der Waals surface area (Å²) < 4.78 is 19.2. The second-order valence-corrected chi connectivity index (χ2v) is 6.07. The molecule has 4 rings (SSSR count). The van der Waals surface area contributed by atoms with Crippen LogP contribution in [0.4, 0.5) is 4.39 Å². The third kappa shape index (κ3) is 3.43. The van der Waals surface area contributed by atoms with E-state index >= 15 is 0 Å². The molecule has 1 aliphatic rings. The van der Waals surface area contributed by atoms with Crippen LogP contribution >= 0.6 is 0 Å². The summed E-state index contributed by atoms with van der Waals surface area (Å²) in [5, 5.41) is 0.403. The molecule has 29 heavy (non-hydrogen) atoms. The minimum atomic E-state index is -1.00. The SMILES string of the molecule is O=C(ON1C(=O)c2ccccc2C1=O)c1cccnc1OCc1ccccc1F. The predicted octanol–water partition coefficient (Wildman–Crippen LogP) is 3.17. The normalized spacial score (nSPS) is 12.7. The molecule has 1 aliphatic heterocycles. The van der Waals surface area contributed by atoms with Gasteiger partial charge in [0.2, 0.25) is 5.88 Å². The number of hydroxylamine groups is 2. The lowest BCUT2D eigenvalue weighted by Gasteiger charge is -2.14. The molecule has 2 amide bonds. The van der Waals surface area contributed by atoms with Crippen LogP contribution in [0.3, 0.4) is 0 Å². The fourth-order valence-electron chi connectivity index (χ4n) is 2.80. The molecule has 0 saturated carbocycles. The van der Waals surface area contributed by atoms with E-state index in [1.54, 1.807) is 24.3 Å². The molecule has 7 nitrogen and oxygen atoms in total. The quantitative estimate of drug-likeness (QED) is 0.620. The Balaban J connectivity index is 1.52. The van der Waals surface area contributed by atoms with Crippen LogP contribution in [0.15, 0.2) is 66.9 Å². The highest BCUT2D eigenvalue weighted by atomic mass is 19.1. The minimum Gasteiger partial charge on any atom is -0.472 e. The molecule has 3 aromatic rings. The molecule has 1 aromatic heterocycles. The van der Waals surface area contributed by atoms with Crippen LogP contribution in [0.1, 0.15) is 36.6 Å². The van der Waals surface area contributed by atoms with Crippen LogP contribution < -0.4 is 4.74 Å². The van der Waals surface area contributed by atoms with Gasteiger partial charge in [0.15, 0.2) is 0 Å². The van der Waals surface area contributed by atoms with Crippen molar-refractivity contribution in [2.24, 2.45) is 0 Å². The highest BCUT2D eigenvalue weighted by molar-refractivity contribution is 6.21. The number of imide groups is 1. The number of ether oxygens (including phenoxy) is 1. The van der Waals surface area contributed by atoms with Gasteiger partial charge in [0.25, 0.3) is 11.8 Å². The zero-order valence-corrected chi connectivity index (χ0v) is 14.9. The summed E-state index contributed by atoms with van der Waals surface area (Å²) >= 11 is 0. The molecule has 0 saturated heterocycles. The zero-order valence-electron chi connectivity index (χ0n) is 14.9. The molecule has 0 radical (unpaired) electrons. The van der Waals surface area contributed by atoms with E-state index < -0.39 is 23.6 Å². The lowest BCUT2D eigenvalue weighted by atomic mass is 10.1. The smallest absolute Gasteiger partial charge is 0.369 e. The number of aromatic nitrogens is 1. The van der Waals surface area contributed by atoms with Crippen molar-refractivity contribution in [1.82, 2.24) is 10.0 Å². The number of nitrogens with zero attached hydrogens (tertiary/aromatic N) is 2. The van der Waals surface area contributed by atoms with Gasteiger partial charge in [-0.25, -0.2) is 14.2 Å². The van der Waals surface area contributed by atoms with Gasteiger partial charge in [0.1, 0.15) is 18.0 Å². The summed E-state index contributed by atoms with van der Waals surface area (Å²) in [6.07, 6.45) is 1.38. The van der Waals surface area contributed by atoms with E-state index in [1.165, 1.54) is 42.6 Å². The van der Waals surface area contributed by atoms with Crippen molar-refractivity contribution in [3.05, 3.63) is 94.9 Å². The first-order valence-electron chi connectivity index (χ1n) is 8.57. The Morgan fingerprint density at radius 1 is 0.931 bits per heavy atom. The highest BCUT2D eigenvalue weighted by Gasteiger charge is 2.39. The van der Waals surface area contributed by atoms with Crippen molar-refractivity contribution in [3.8, 4) is 5.88 Å². The average Bonchev–Trinajstić information content (AvgIpc) is 2.98. The topological polar surface area (TPSA) is 85.8 Å². The predicted molar refractivity (Wildman–Crippen MR) is 97.3 cm³/mol. The van der Waals surface area contributed by atoms with Crippen LogP contribution in [0.25, 0.3) is 0 Å². The summed E-state index contributed by atoms with van der Waals surface area (Å²) in [6.45, 7) is -0.170. The van der Waals surface area contributed by atoms with E-state index in [9.17, 15) is 18.8 Å². The number of carbonyl (C=O) groups excluding carboxylic acids is 3. The van der Waals surface area contributed by atoms with E-state index in [2.05, 4.69) is 4.98 Å². The van der Waals surface area contributed by atoms with Crippen molar-refractivity contribution < 1.29 is 28.3 Å². The van der Waals surface area contributed by atoms with Gasteiger partial charge in [-0.15, -0.1) is 0 Å². The van der Waals surface area contributed by atoms with Gasteiger partial charge in [-0.2, -0.15) is 0 Å². The van der Waals surface area contributed by atoms with E-state index in [-0.39, 0.29) is 34.7 Å². The van der Waals surface area contributed by atoms with Crippen LogP contribution in [0.5, 0.6) is 5.88 Å². The van der Waals surface area contributed by atoms with Gasteiger partial charge in [-0.05, 0) is 30.3 Å². The maximum Gasteiger partial charge on any atom is 0.369 e. The molecule has 8 heteroatoms. The van der Waals surface area contributed by atoms with Gasteiger partial charge in [0, 0.05) is 11.8 Å². The first-order valence-corrected chi connectivity index (χ1v) is 8.57. The van der Waals surface area contributed by atoms with Gasteiger partial charge in [-0.3, -0.25) is 9.59 Å². The molecular formula is C21H13FN2O5. The number of hydrogen-bond acceptors (Lipinski definition) is 6. The first-order chi connectivity index (χ1) is 14.1. The van der Waals surface area contributed by atoms with Crippen molar-refractivity contribution >= 4 is 17.8 Å². The zero-order chi connectivity index (χ0) is 20.4. The molecule has 2 aromatic carbocycles. The van der Waals surface area contributed by atoms with Crippen LogP contribution in [-0.4, -0.2) is 27.8 Å². The number of halogens is 1. The van der Waals surface area contributed by atoms with Crippen LogP contribution in [-0.2, 0) is 11.4 Å². The van der Waals surface area contributed by atoms with Crippen molar-refractivity contribution in [2.75, 3.05) is 0 Å². The fraction of sp³-hybridized carbons (Fsp3) is 0.0476. The van der Waals surface area contributed by atoms with E-state index in [1.807, 2.05) is 0 Å². The van der Waals surface area contributed by atoms with Gasteiger partial charge < -0.3 is 9.57 Å². The molecule has 0 aliphatic carbocycles. The first kappa shape index (κ1) is 18.3. The molecule has 2 heterocycles. The molecule has 0 atom stereocenters. The maximum absolute atomic E-state index is 13.8. The molecule has 144 valence electrons. The van der Waals surface area contributed by atoms with Crippen molar-refractivity contribution in [2.45, 2.75) is 6.61 Å². The van der Waals surface area contributed by atoms with Gasteiger partial charge in [0.05, 0.1) is 11.1 Å². The molecule has 0 unspecified atom stereocenters. The summed E-state index contributed by atoms with van der Waals surface area (Å²) in [5.74, 6) is -3.06. The lowest BCUT2D eigenvalue weighted by Crippen LogP contribution is -2.32. The molecule has 0 spiro atoms. The van der Waals surface area contributed by atoms with Gasteiger partial charge >= 0.3 is 5.97 Å². The molecule has 0 bridgehead atoms. The fourth-order valence-corrected chi connectivity index (χ4v) is 2.80. The Morgan fingerprint density at radius 2 is 1.59 bits per heavy atom. The second-order valence-electron chi connectivity index (χ2n) is 6.07. The Bertz CT molecular complexity index is 1100. The summed E-state index contributed by atoms with van der Waals surface area (Å²) in [7, 11) is 0. The number of fused-ring (bicyclic) bond motifs is 1. The third-order valence-corrected chi connectivity index (χ3v) is 4.24. The third-order valence-electron chi connectivity index (χ3n) is 4.24. The summed E-state index contributed by atoms with van der Waals surface area (Å²) in [6, 6.07) is 15.0. The van der Waals surface area contributed by atoms with Gasteiger partial charge in [-0.1, -0.05) is 35.4 Å². The number of pyridine rings is 1. The summed E-state index contributed by atoms with van der Waals surface area (Å²) in [4.78, 5) is 46.3. The van der Waals surface area contributed by atoms with Crippen molar-refractivity contribution in [1.29, 1.82) is 0 Å². The van der Waals surface area contributed by atoms with Crippen LogP contribution in [0.2, 0.25) is 0 Å². The number of rotatable bonds is 5. The number of amides is 2. The minimum absolute atomic E-state index is 0.111. The number of benzene rings is 2. The molecule has 0 fully saturated rings. The number of carbonyl (C=O) groups is 3. The highest BCUT2D eigenvalue weighted by Crippen LogP contribution is 2.25. The van der Waals surface area contributed by atoms with Crippen LogP contribution in [0, 0.1) is 5.82 Å². The van der Waals surface area contributed by atoms with Crippen molar-refractivity contribution in [3.63, 3.8) is 0 Å². The van der Waals surface area contributed by atoms with E-state index in [0.717, 1.165) is 0 Å². The Morgan fingerprint density at radius 3 is 2.28 bits per heavy atom. The maximum atomic E-state index is 13.8. The molecule has 0 N–H and O–H groups in total. The standard InChI is InChI=1S/C21H13FN2O5/c22-17-10-4-1-6-13(17)12-28-18-16(9-5-11-23-18)21(27)29-24-19(25)14-7-2-3-8-15(14)20(24)26/h1-11H,12H2. The van der Waals surface area contributed by atoms with E-state index in [0.29, 0.717) is 5.06 Å². The second kappa shape index (κ2) is 7.51. The number of hydrogen-bond donors (Lipinski definition) is 0. The Kier molecular flexibility index (Phi) is 4.74. The Hall–Kier alpha value is -4.07. The van der Waals surface area contributed by atoms with E-state index in [4.69, 9.17) is 9.57 Å². The Labute approximate surface area is 164 Å². The monoisotopic (exact) mass is 392 g/mol.